The van der Waals surface area contributed by atoms with Gasteiger partial charge in [-0.15, -0.1) is 0 Å². The maximum absolute atomic E-state index is 15.6. The smallest absolute Gasteiger partial charge is 0.314 e. The maximum Gasteiger partial charge on any atom is 0.314 e. The molecule has 0 unspecified atom stereocenters. The summed E-state index contributed by atoms with van der Waals surface area (Å²) >= 11 is 0. The minimum absolute atomic E-state index is 0.0613. The molecular formula is C49H59NO12. The molecule has 0 aromatic heterocycles. The summed E-state index contributed by atoms with van der Waals surface area (Å²) in [6.07, 6.45) is -8.19. The van der Waals surface area contributed by atoms with Crippen LogP contribution < -0.4 is 5.32 Å². The van der Waals surface area contributed by atoms with Crippen molar-refractivity contribution in [2.75, 3.05) is 6.61 Å². The van der Waals surface area contributed by atoms with Gasteiger partial charge in [-0.05, 0) is 48.6 Å². The molecule has 13 nitrogen and oxygen atoms in total. The maximum atomic E-state index is 15.6. The van der Waals surface area contributed by atoms with E-state index in [0.717, 1.165) is 16.7 Å². The van der Waals surface area contributed by atoms with E-state index < -0.39 is 100 Å². The first-order chi connectivity index (χ1) is 29.4. The molecule has 0 amide bonds. The molecule has 2 bridgehead atoms. The molecule has 0 radical (unpaired) electrons. The van der Waals surface area contributed by atoms with Gasteiger partial charge in [-0.25, -0.2) is 0 Å². The number of esters is 3. The van der Waals surface area contributed by atoms with Gasteiger partial charge in [0.1, 0.15) is 23.7 Å². The Hall–Kier alpha value is -4.76. The molecule has 7 rings (SSSR count). The Morgan fingerprint density at radius 2 is 1.48 bits per heavy atom. The zero-order valence-corrected chi connectivity index (χ0v) is 36.4. The number of fused-ring (bicyclic) bond motifs is 5. The number of hydrogen-bond donors (Lipinski definition) is 4. The largest absolute Gasteiger partial charge is 0.457 e. The molecule has 2 saturated carbocycles. The summed E-state index contributed by atoms with van der Waals surface area (Å²) in [5.41, 5.74) is -3.97. The van der Waals surface area contributed by atoms with E-state index in [1.165, 1.54) is 20.8 Å². The van der Waals surface area contributed by atoms with Crippen LogP contribution in [-0.4, -0.2) is 93.4 Å². The van der Waals surface area contributed by atoms with Gasteiger partial charge in [0, 0.05) is 50.6 Å². The van der Waals surface area contributed by atoms with Crippen LogP contribution in [0.5, 0.6) is 0 Å². The summed E-state index contributed by atoms with van der Waals surface area (Å²) in [6.45, 7) is 10.7. The molecule has 0 spiro atoms. The molecule has 3 aromatic carbocycles. The fraction of sp³-hybridized carbons (Fsp3) is 0.510. The molecular weight excluding hydrogens is 795 g/mol. The zero-order chi connectivity index (χ0) is 44.8. The zero-order valence-electron chi connectivity index (χ0n) is 36.4. The third-order valence-corrected chi connectivity index (χ3v) is 14.1. The van der Waals surface area contributed by atoms with Crippen LogP contribution in [0.3, 0.4) is 0 Å². The van der Waals surface area contributed by atoms with Gasteiger partial charge in [-0.3, -0.25) is 19.2 Å². The fourth-order valence-electron chi connectivity index (χ4n) is 10.9. The summed E-state index contributed by atoms with van der Waals surface area (Å²) in [6, 6.07) is 27.4. The lowest BCUT2D eigenvalue weighted by Crippen LogP contribution is -2.81. The highest BCUT2D eigenvalue weighted by atomic mass is 16.6. The van der Waals surface area contributed by atoms with Crippen LogP contribution in [0.25, 0.3) is 0 Å². The Morgan fingerprint density at radius 3 is 2.03 bits per heavy atom. The summed E-state index contributed by atoms with van der Waals surface area (Å²) in [5, 5.41) is 40.9. The monoisotopic (exact) mass is 853 g/mol. The topological polar surface area (TPSA) is 187 Å². The highest BCUT2D eigenvalue weighted by Crippen LogP contribution is 2.64. The molecule has 1 heterocycles. The molecule has 332 valence electrons. The van der Waals surface area contributed by atoms with Crippen molar-refractivity contribution >= 4 is 23.7 Å². The first-order valence-corrected chi connectivity index (χ1v) is 21.4. The molecule has 13 heteroatoms. The minimum atomic E-state index is -2.08. The van der Waals surface area contributed by atoms with Crippen molar-refractivity contribution in [3.63, 3.8) is 0 Å². The number of aliphatic hydroxyl groups is 3. The Morgan fingerprint density at radius 1 is 0.887 bits per heavy atom. The molecule has 3 aromatic rings. The third-order valence-electron chi connectivity index (χ3n) is 14.1. The lowest BCUT2D eigenvalue weighted by Gasteiger charge is -2.67. The van der Waals surface area contributed by atoms with Crippen molar-refractivity contribution < 1.29 is 58.2 Å². The molecule has 3 aliphatic carbocycles. The van der Waals surface area contributed by atoms with Crippen molar-refractivity contribution in [1.29, 1.82) is 0 Å². The van der Waals surface area contributed by atoms with Crippen molar-refractivity contribution in [2.45, 2.75) is 128 Å². The summed E-state index contributed by atoms with van der Waals surface area (Å²) in [5.74, 6) is -5.37. The van der Waals surface area contributed by atoms with Crippen LogP contribution in [0.15, 0.2) is 102 Å². The van der Waals surface area contributed by atoms with E-state index in [1.807, 2.05) is 91.0 Å². The van der Waals surface area contributed by atoms with Gasteiger partial charge in [-0.2, -0.15) is 0 Å². The standard InChI is InChI=1S/C49H59NO12/c1-28-35(61-45(56)38(29(2)51)40(34-21-15-10-16-22-34)50-25-32-17-11-8-12-18-32)24-49(57)44(58-26-33-19-13-9-14-20-33)42-47(7,36(54)23-37-48(42,27-59-37)62-31(4)53)43(55)41(60-30(3)52)39(28)46(49,5)6/h8-22,29,35-38,40-42,44,50-51,54,57H,23-27H2,1-7H3/t29-,35+,36+,37-,38-,40+,41-,42+,44+,47-,48+,49-/m1/s1. The lowest BCUT2D eigenvalue weighted by molar-refractivity contribution is -0.351. The Balaban J connectivity index is 1.39. The number of ketones is 1. The minimum Gasteiger partial charge on any atom is -0.457 e. The van der Waals surface area contributed by atoms with Gasteiger partial charge in [0.05, 0.1) is 36.9 Å². The number of carbonyl (C=O) groups excluding carboxylic acids is 4. The number of aliphatic hydroxyl groups excluding tert-OH is 2. The van der Waals surface area contributed by atoms with Crippen molar-refractivity contribution in [3.8, 4) is 0 Å². The van der Waals surface area contributed by atoms with E-state index >= 15 is 4.79 Å². The lowest BCUT2D eigenvalue weighted by atomic mass is 9.44. The summed E-state index contributed by atoms with van der Waals surface area (Å²) < 4.78 is 31.5. The normalized spacial score (nSPS) is 32.6. The fourth-order valence-corrected chi connectivity index (χ4v) is 10.9. The number of carbonyl (C=O) groups is 4. The number of ether oxygens (including phenoxy) is 5. The van der Waals surface area contributed by atoms with Crippen LogP contribution in [0.4, 0.5) is 0 Å². The predicted molar refractivity (Wildman–Crippen MR) is 226 cm³/mol. The SMILES string of the molecule is CC(=O)O[C@H]1C(=O)[C@@]2(C)[C@H]([C@H](OCc3ccccc3)[C@]3(O)C[C@H](OC(=O)[C@H]([C@@H](C)O)[C@@H](NCc4ccccc4)c4ccccc4)C(C)=C1C3(C)C)[C@]1(OC(C)=O)CO[C@@H]1C[C@@H]2O. The van der Waals surface area contributed by atoms with Gasteiger partial charge in [0.25, 0.3) is 0 Å². The van der Waals surface area contributed by atoms with Crippen molar-refractivity contribution in [1.82, 2.24) is 5.32 Å². The Bertz CT molecular complexity index is 2160. The molecule has 3 fully saturated rings. The average Bonchev–Trinajstić information content (AvgIpc) is 3.22. The van der Waals surface area contributed by atoms with Gasteiger partial charge in [-0.1, -0.05) is 105 Å². The molecule has 1 saturated heterocycles. The van der Waals surface area contributed by atoms with E-state index in [0.29, 0.717) is 12.1 Å². The van der Waals surface area contributed by atoms with Crippen molar-refractivity contribution in [3.05, 3.63) is 119 Å². The van der Waals surface area contributed by atoms with E-state index in [1.54, 1.807) is 27.7 Å². The van der Waals surface area contributed by atoms with E-state index in [-0.39, 0.29) is 31.6 Å². The van der Waals surface area contributed by atoms with Gasteiger partial charge >= 0.3 is 17.9 Å². The number of Topliss-reactive ketones (excluding diaryl/α,β-unsaturated/α-hetero) is 1. The summed E-state index contributed by atoms with van der Waals surface area (Å²) in [4.78, 5) is 56.5. The van der Waals surface area contributed by atoms with Crippen LogP contribution in [0.1, 0.15) is 84.0 Å². The third kappa shape index (κ3) is 7.81. The Kier molecular flexibility index (Phi) is 12.7. The second-order valence-electron chi connectivity index (χ2n) is 18.2. The molecule has 12 atom stereocenters. The predicted octanol–water partition coefficient (Wildman–Crippen LogP) is 5.09. The highest BCUT2D eigenvalue weighted by molar-refractivity contribution is 5.95. The molecule has 4 aliphatic rings. The molecule has 1 aliphatic heterocycles. The molecule has 62 heavy (non-hydrogen) atoms. The van der Waals surface area contributed by atoms with Crippen LogP contribution >= 0.6 is 0 Å². The highest BCUT2D eigenvalue weighted by Gasteiger charge is 2.77. The van der Waals surface area contributed by atoms with Crippen LogP contribution in [0.2, 0.25) is 0 Å². The second kappa shape index (κ2) is 17.4. The van der Waals surface area contributed by atoms with Crippen LogP contribution in [0, 0.1) is 22.7 Å². The van der Waals surface area contributed by atoms with E-state index in [4.69, 9.17) is 23.7 Å². The van der Waals surface area contributed by atoms with Crippen LogP contribution in [-0.2, 0) is 56.0 Å². The second-order valence-corrected chi connectivity index (χ2v) is 18.2. The van der Waals surface area contributed by atoms with Gasteiger partial charge in [0.15, 0.2) is 17.5 Å². The number of benzene rings is 3. The van der Waals surface area contributed by atoms with Gasteiger partial charge in [0.2, 0.25) is 0 Å². The van der Waals surface area contributed by atoms with E-state index in [2.05, 4.69) is 5.32 Å². The summed E-state index contributed by atoms with van der Waals surface area (Å²) in [7, 11) is 0. The number of rotatable bonds is 13. The quantitative estimate of drug-likeness (QED) is 0.101. The van der Waals surface area contributed by atoms with Gasteiger partial charge < -0.3 is 44.3 Å². The first-order valence-electron chi connectivity index (χ1n) is 21.4. The number of hydrogen-bond acceptors (Lipinski definition) is 13. The number of nitrogens with one attached hydrogen (secondary N) is 1. The molecule has 4 N–H and O–H groups in total. The average molecular weight is 854 g/mol. The van der Waals surface area contributed by atoms with E-state index in [9.17, 15) is 29.7 Å². The first kappa shape index (κ1) is 45.3. The van der Waals surface area contributed by atoms with Crippen molar-refractivity contribution in [2.24, 2.45) is 22.7 Å². The Labute approximate surface area is 362 Å².